The number of aliphatic hydroxyl groups is 1. The minimum atomic E-state index is -0.889. The Morgan fingerprint density at radius 1 is 1.00 bits per heavy atom. The van der Waals surface area contributed by atoms with E-state index < -0.39 is 33.4 Å². The van der Waals surface area contributed by atoms with Crippen molar-refractivity contribution >= 4 is 35.2 Å². The van der Waals surface area contributed by atoms with Crippen LogP contribution in [0.4, 0.5) is 5.69 Å². The highest BCUT2D eigenvalue weighted by Gasteiger charge is 2.74. The first-order chi connectivity index (χ1) is 17.2. The number of para-hydroxylation sites is 1. The fourth-order valence-electron chi connectivity index (χ4n) is 6.59. The number of likely N-dealkylation sites (tertiary alicyclic amines) is 1. The van der Waals surface area contributed by atoms with Crippen molar-refractivity contribution in [1.82, 2.24) is 9.80 Å². The minimum absolute atomic E-state index is 0.0370. The third kappa shape index (κ3) is 3.48. The number of fused-ring (bicyclic) bond motifs is 2. The number of nitrogens with zero attached hydrogens (tertiary/aromatic N) is 3. The van der Waals surface area contributed by atoms with Crippen molar-refractivity contribution in [2.75, 3.05) is 24.6 Å². The Bertz CT molecular complexity index is 1120. The van der Waals surface area contributed by atoms with E-state index in [2.05, 4.69) is 6.08 Å². The van der Waals surface area contributed by atoms with E-state index in [1.807, 2.05) is 76.3 Å². The van der Waals surface area contributed by atoms with Gasteiger partial charge in [0.05, 0.1) is 29.2 Å². The smallest absolute Gasteiger partial charge is 0.247 e. The van der Waals surface area contributed by atoms with Crippen LogP contribution >= 0.6 is 11.8 Å². The molecule has 3 amide bonds. The van der Waals surface area contributed by atoms with Gasteiger partial charge in [-0.05, 0) is 39.3 Å². The van der Waals surface area contributed by atoms with Gasteiger partial charge in [-0.15, -0.1) is 11.8 Å². The lowest BCUT2D eigenvalue weighted by Crippen LogP contribution is -2.57. The Hall–Kier alpha value is -2.58. The van der Waals surface area contributed by atoms with E-state index in [-0.39, 0.29) is 30.4 Å². The topological polar surface area (TPSA) is 81.2 Å². The number of anilines is 1. The fraction of sp³-hybridized carbons (Fsp3) is 0.536. The Morgan fingerprint density at radius 2 is 1.69 bits per heavy atom. The summed E-state index contributed by atoms with van der Waals surface area (Å²) in [6.45, 7) is 8.56. The molecule has 2 saturated heterocycles. The molecular weight excluding hydrogens is 474 g/mol. The molecule has 0 aromatic heterocycles. The average molecular weight is 510 g/mol. The zero-order valence-electron chi connectivity index (χ0n) is 21.3. The van der Waals surface area contributed by atoms with E-state index >= 15 is 0 Å². The summed E-state index contributed by atoms with van der Waals surface area (Å²) in [6, 6.07) is 8.25. The number of thioether (sulfide) groups is 1. The molecule has 1 aromatic rings. The SMILES string of the molecule is CC[C@@H](CO)N1C(=O)[C@@H]2[C@H]3C(=O)N(c4ccccc4)CC=C[C@@]3(C)S[C@@]23C=CCN(C(C)C)C(=O)C13. The van der Waals surface area contributed by atoms with Crippen molar-refractivity contribution in [3.05, 3.63) is 54.6 Å². The Kier molecular flexibility index (Phi) is 6.32. The molecule has 5 rings (SSSR count). The lowest BCUT2D eigenvalue weighted by Gasteiger charge is -2.40. The van der Waals surface area contributed by atoms with Gasteiger partial charge in [-0.3, -0.25) is 14.4 Å². The molecule has 6 atom stereocenters. The maximum absolute atomic E-state index is 14.3. The second-order valence-corrected chi connectivity index (χ2v) is 12.5. The van der Waals surface area contributed by atoms with Gasteiger partial charge in [-0.25, -0.2) is 0 Å². The molecule has 8 heteroatoms. The highest BCUT2D eigenvalue weighted by Crippen LogP contribution is 2.66. The molecule has 4 aliphatic rings. The lowest BCUT2D eigenvalue weighted by atomic mass is 9.74. The summed E-state index contributed by atoms with van der Waals surface area (Å²) in [6.07, 6.45) is 8.63. The number of amides is 3. The molecule has 1 spiro atoms. The van der Waals surface area contributed by atoms with Crippen molar-refractivity contribution in [2.45, 2.75) is 61.7 Å². The molecule has 192 valence electrons. The van der Waals surface area contributed by atoms with Crippen LogP contribution in [0.25, 0.3) is 0 Å². The standard InChI is InChI=1S/C28H35N3O4S/c1-5-19(17-32)31-23-26(35)29(18(2)3)15-10-14-28(23)22(25(31)34)21-24(33)30(20-11-7-6-8-12-20)16-9-13-27(21,4)36-28/h6-14,18-19,21-23,32H,5,15-17H2,1-4H3/t19-,21-,22-,23?,27+,28-/m0/s1. The van der Waals surface area contributed by atoms with Gasteiger partial charge in [-0.1, -0.05) is 49.4 Å². The van der Waals surface area contributed by atoms with Gasteiger partial charge in [0.25, 0.3) is 0 Å². The van der Waals surface area contributed by atoms with Crippen LogP contribution in [0, 0.1) is 11.8 Å². The largest absolute Gasteiger partial charge is 0.394 e. The number of benzene rings is 1. The molecule has 0 aliphatic carbocycles. The third-order valence-electron chi connectivity index (χ3n) is 8.29. The highest BCUT2D eigenvalue weighted by atomic mass is 32.2. The Morgan fingerprint density at radius 3 is 2.33 bits per heavy atom. The molecule has 0 saturated carbocycles. The molecule has 1 N–H and O–H groups in total. The summed E-state index contributed by atoms with van der Waals surface area (Å²) in [7, 11) is 0. The maximum atomic E-state index is 14.3. The van der Waals surface area contributed by atoms with Crippen LogP contribution < -0.4 is 4.90 Å². The molecular formula is C28H35N3O4S. The molecule has 4 aliphatic heterocycles. The van der Waals surface area contributed by atoms with Gasteiger partial charge in [0.2, 0.25) is 17.7 Å². The summed E-state index contributed by atoms with van der Waals surface area (Å²) in [4.78, 5) is 47.9. The van der Waals surface area contributed by atoms with Gasteiger partial charge < -0.3 is 19.8 Å². The van der Waals surface area contributed by atoms with Crippen molar-refractivity contribution in [1.29, 1.82) is 0 Å². The highest BCUT2D eigenvalue weighted by molar-refractivity contribution is 8.02. The van der Waals surface area contributed by atoms with Gasteiger partial charge in [-0.2, -0.15) is 0 Å². The number of aliphatic hydroxyl groups excluding tert-OH is 1. The van der Waals surface area contributed by atoms with Gasteiger partial charge >= 0.3 is 0 Å². The normalized spacial score (nSPS) is 34.6. The molecule has 1 aromatic carbocycles. The quantitative estimate of drug-likeness (QED) is 0.618. The minimum Gasteiger partial charge on any atom is -0.394 e. The van der Waals surface area contributed by atoms with Crippen molar-refractivity contribution < 1.29 is 19.5 Å². The van der Waals surface area contributed by atoms with E-state index in [9.17, 15) is 19.5 Å². The predicted molar refractivity (Wildman–Crippen MR) is 141 cm³/mol. The number of carbonyl (C=O) groups excluding carboxylic acids is 3. The lowest BCUT2D eigenvalue weighted by molar-refractivity contribution is -0.146. The first-order valence-corrected chi connectivity index (χ1v) is 13.7. The Balaban J connectivity index is 1.67. The number of carbonyl (C=O) groups is 3. The molecule has 0 bridgehead atoms. The number of hydrogen-bond donors (Lipinski definition) is 1. The predicted octanol–water partition coefficient (Wildman–Crippen LogP) is 2.85. The summed E-state index contributed by atoms with van der Waals surface area (Å²) >= 11 is 1.58. The van der Waals surface area contributed by atoms with Crippen LogP contribution in [-0.4, -0.2) is 79.9 Å². The van der Waals surface area contributed by atoms with Crippen molar-refractivity contribution in [3.63, 3.8) is 0 Å². The van der Waals surface area contributed by atoms with Gasteiger partial charge in [0.1, 0.15) is 6.04 Å². The van der Waals surface area contributed by atoms with E-state index in [1.165, 1.54) is 0 Å². The van der Waals surface area contributed by atoms with Crippen LogP contribution in [0.2, 0.25) is 0 Å². The second-order valence-electron chi connectivity index (χ2n) is 10.7. The molecule has 4 heterocycles. The first-order valence-electron chi connectivity index (χ1n) is 12.9. The maximum Gasteiger partial charge on any atom is 0.247 e. The summed E-state index contributed by atoms with van der Waals surface area (Å²) < 4.78 is -1.54. The summed E-state index contributed by atoms with van der Waals surface area (Å²) in [5, 5.41) is 10.2. The molecule has 0 radical (unpaired) electrons. The van der Waals surface area contributed by atoms with E-state index in [0.717, 1.165) is 5.69 Å². The van der Waals surface area contributed by atoms with Crippen LogP contribution in [-0.2, 0) is 14.4 Å². The number of rotatable bonds is 5. The average Bonchev–Trinajstić information content (AvgIpc) is 3.12. The zero-order valence-corrected chi connectivity index (χ0v) is 22.1. The van der Waals surface area contributed by atoms with Crippen LogP contribution in [0.5, 0.6) is 0 Å². The van der Waals surface area contributed by atoms with E-state index in [1.54, 1.807) is 26.5 Å². The fourth-order valence-corrected chi connectivity index (χ4v) is 8.73. The van der Waals surface area contributed by atoms with Crippen molar-refractivity contribution in [2.24, 2.45) is 11.8 Å². The van der Waals surface area contributed by atoms with Gasteiger partial charge in [0, 0.05) is 29.6 Å². The van der Waals surface area contributed by atoms with E-state index in [0.29, 0.717) is 19.5 Å². The Labute approximate surface area is 217 Å². The monoisotopic (exact) mass is 509 g/mol. The zero-order chi connectivity index (χ0) is 25.8. The van der Waals surface area contributed by atoms with Crippen LogP contribution in [0.1, 0.15) is 34.1 Å². The summed E-state index contributed by atoms with van der Waals surface area (Å²) in [5.74, 6) is -1.75. The van der Waals surface area contributed by atoms with Gasteiger partial charge in [0.15, 0.2) is 0 Å². The van der Waals surface area contributed by atoms with Crippen molar-refractivity contribution in [3.8, 4) is 0 Å². The molecule has 1 unspecified atom stereocenters. The van der Waals surface area contributed by atoms with E-state index in [4.69, 9.17) is 0 Å². The molecule has 2 fully saturated rings. The summed E-state index contributed by atoms with van der Waals surface area (Å²) in [5.41, 5.74) is 0.793. The third-order valence-corrected chi connectivity index (χ3v) is 10.1. The molecule has 36 heavy (non-hydrogen) atoms. The second kappa shape index (κ2) is 9.06. The van der Waals surface area contributed by atoms with Crippen LogP contribution in [0.3, 0.4) is 0 Å². The number of hydrogen-bond acceptors (Lipinski definition) is 5. The van der Waals surface area contributed by atoms with Crippen LogP contribution in [0.15, 0.2) is 54.6 Å². The molecule has 7 nitrogen and oxygen atoms in total. The first kappa shape index (κ1) is 25.1.